The number of hydrogen-bond donors (Lipinski definition) is 4. The average Bonchev–Trinajstić information content (AvgIpc) is 2.89. The van der Waals surface area contributed by atoms with E-state index in [1.807, 2.05) is 0 Å². The molecule has 0 saturated carbocycles. The summed E-state index contributed by atoms with van der Waals surface area (Å²) >= 11 is 0. The summed E-state index contributed by atoms with van der Waals surface area (Å²) in [4.78, 5) is 46.9. The van der Waals surface area contributed by atoms with Crippen molar-refractivity contribution < 1.29 is 28.6 Å². The van der Waals surface area contributed by atoms with Gasteiger partial charge in [0.1, 0.15) is 18.3 Å². The van der Waals surface area contributed by atoms with Gasteiger partial charge in [-0.2, -0.15) is 0 Å². The molecule has 144 valence electrons. The molecule has 1 aliphatic heterocycles. The second-order valence-corrected chi connectivity index (χ2v) is 6.79. The molecule has 5 atom stereocenters. The third kappa shape index (κ3) is 4.83. The minimum atomic E-state index is -4.46. The summed E-state index contributed by atoms with van der Waals surface area (Å²) in [7, 11) is -3.13. The molecule has 0 amide bonds. The minimum Gasteiger partial charge on any atom is -0.374 e. The largest absolute Gasteiger partial charge is 0.374 e. The Morgan fingerprint density at radius 2 is 2.19 bits per heavy atom. The van der Waals surface area contributed by atoms with E-state index in [1.165, 1.54) is 13.3 Å². The van der Waals surface area contributed by atoms with Crippen molar-refractivity contribution in [3.8, 4) is 0 Å². The van der Waals surface area contributed by atoms with Crippen LogP contribution in [0.15, 0.2) is 38.7 Å². The number of ether oxygens (including phenoxy) is 3. The molecule has 2 heterocycles. The van der Waals surface area contributed by atoms with E-state index in [4.69, 9.17) is 29.7 Å². The lowest BCUT2D eigenvalue weighted by Gasteiger charge is -2.24. The summed E-state index contributed by atoms with van der Waals surface area (Å²) < 4.78 is 28.6. The van der Waals surface area contributed by atoms with Gasteiger partial charge in [0.05, 0.1) is 0 Å². The molecule has 0 bridgehead atoms. The van der Waals surface area contributed by atoms with Crippen LogP contribution in [0.5, 0.6) is 0 Å². The van der Waals surface area contributed by atoms with Crippen molar-refractivity contribution >= 4 is 14.3 Å². The van der Waals surface area contributed by atoms with Crippen molar-refractivity contribution in [3.63, 3.8) is 0 Å². The second-order valence-electron chi connectivity index (χ2n) is 5.31. The zero-order valence-corrected chi connectivity index (χ0v) is 14.6. The molecule has 1 aromatic heterocycles. The zero-order chi connectivity index (χ0) is 19.5. The summed E-state index contributed by atoms with van der Waals surface area (Å²) in [6.45, 7) is 3.25. The van der Waals surface area contributed by atoms with Crippen LogP contribution in [0.3, 0.4) is 0 Å². The number of nitrogens with one attached hydrogen (secondary N) is 1. The summed E-state index contributed by atoms with van der Waals surface area (Å²) in [5.41, 5.74) is 4.24. The van der Waals surface area contributed by atoms with Crippen LogP contribution >= 0.6 is 7.60 Å². The van der Waals surface area contributed by atoms with Crippen LogP contribution in [-0.2, 0) is 18.8 Å². The van der Waals surface area contributed by atoms with Crippen molar-refractivity contribution in [2.75, 3.05) is 7.11 Å². The van der Waals surface area contributed by atoms with Crippen molar-refractivity contribution in [1.82, 2.24) is 9.55 Å². The highest BCUT2D eigenvalue weighted by molar-refractivity contribution is 7.55. The first kappa shape index (κ1) is 20.4. The molecule has 1 fully saturated rings. The topological polar surface area (TPSA) is 178 Å². The van der Waals surface area contributed by atoms with E-state index in [9.17, 15) is 14.2 Å². The van der Waals surface area contributed by atoms with E-state index in [0.717, 1.165) is 16.7 Å². The van der Waals surface area contributed by atoms with E-state index in [0.29, 0.717) is 5.82 Å². The number of aliphatic imine (C=N–C) groups is 1. The van der Waals surface area contributed by atoms with Crippen LogP contribution in [0, 0.1) is 0 Å². The normalized spacial score (nSPS) is 27.7. The van der Waals surface area contributed by atoms with Gasteiger partial charge in [-0.25, -0.2) is 4.79 Å². The molecular formula is C13H19N4O8P. The van der Waals surface area contributed by atoms with Crippen LogP contribution in [-0.4, -0.2) is 57.8 Å². The molecule has 13 heteroatoms. The second kappa shape index (κ2) is 8.18. The van der Waals surface area contributed by atoms with Crippen LogP contribution in [0.4, 0.5) is 0 Å². The predicted octanol–water partition coefficient (Wildman–Crippen LogP) is -1.53. The van der Waals surface area contributed by atoms with Crippen LogP contribution in [0.1, 0.15) is 6.23 Å². The molecule has 26 heavy (non-hydrogen) atoms. The van der Waals surface area contributed by atoms with Crippen LogP contribution < -0.4 is 17.0 Å². The van der Waals surface area contributed by atoms with E-state index in [2.05, 4.69) is 16.7 Å². The Morgan fingerprint density at radius 1 is 1.50 bits per heavy atom. The number of nitrogens with zero attached hydrogens (tertiary/aromatic N) is 2. The van der Waals surface area contributed by atoms with Gasteiger partial charge >= 0.3 is 13.3 Å². The number of methoxy groups -OCH3 is 1. The third-order valence-electron chi connectivity index (χ3n) is 3.57. The Balaban J connectivity index is 2.42. The summed E-state index contributed by atoms with van der Waals surface area (Å²) in [5, 5.41) is 0. The maximum Gasteiger partial charge on any atom is 0.348 e. The van der Waals surface area contributed by atoms with Crippen LogP contribution in [0.2, 0.25) is 0 Å². The van der Waals surface area contributed by atoms with E-state index < -0.39 is 49.7 Å². The van der Waals surface area contributed by atoms with Crippen molar-refractivity contribution in [2.45, 2.75) is 30.9 Å². The van der Waals surface area contributed by atoms with Gasteiger partial charge in [0.15, 0.2) is 6.23 Å². The van der Waals surface area contributed by atoms with Gasteiger partial charge in [-0.15, -0.1) is 0 Å². The maximum absolute atomic E-state index is 12.0. The number of aromatic nitrogens is 2. The van der Waals surface area contributed by atoms with Gasteiger partial charge < -0.3 is 24.0 Å². The first-order valence-corrected chi connectivity index (χ1v) is 8.95. The molecule has 2 rings (SSSR count). The highest BCUT2D eigenvalue weighted by Gasteiger charge is 2.47. The lowest BCUT2D eigenvalue weighted by Crippen LogP contribution is -2.42. The van der Waals surface area contributed by atoms with E-state index in [-0.39, 0.29) is 0 Å². The Hall–Kier alpha value is -1.92. The molecule has 0 radical (unpaired) electrons. The molecule has 3 unspecified atom stereocenters. The van der Waals surface area contributed by atoms with E-state index >= 15 is 0 Å². The number of aromatic amines is 1. The molecule has 0 aliphatic carbocycles. The minimum absolute atomic E-state index is 0.596. The Kier molecular flexibility index (Phi) is 6.42. The third-order valence-corrected chi connectivity index (χ3v) is 4.13. The quantitative estimate of drug-likeness (QED) is 0.244. The Labute approximate surface area is 147 Å². The number of rotatable bonds is 7. The number of nitrogens with two attached hydrogens (primary N) is 1. The highest BCUT2D eigenvalue weighted by Crippen LogP contribution is 2.39. The molecule has 0 spiro atoms. The molecule has 1 aliphatic rings. The van der Waals surface area contributed by atoms with Gasteiger partial charge in [-0.05, 0) is 12.8 Å². The van der Waals surface area contributed by atoms with Crippen LogP contribution in [0.25, 0.3) is 0 Å². The summed E-state index contributed by atoms with van der Waals surface area (Å²) in [5.74, 6) is 0.644. The smallest absolute Gasteiger partial charge is 0.348 e. The van der Waals surface area contributed by atoms with Gasteiger partial charge in [-0.1, -0.05) is 0 Å². The first-order chi connectivity index (χ1) is 12.2. The number of hydrogen-bond acceptors (Lipinski definition) is 8. The van der Waals surface area contributed by atoms with Gasteiger partial charge in [-0.3, -0.25) is 29.6 Å². The Bertz CT molecular complexity index is 830. The summed E-state index contributed by atoms with van der Waals surface area (Å²) in [6.07, 6.45) is -2.81. The van der Waals surface area contributed by atoms with Crippen molar-refractivity contribution in [3.05, 3.63) is 45.0 Å². The maximum atomic E-state index is 12.0. The Morgan fingerprint density at radius 3 is 2.73 bits per heavy atom. The fraction of sp³-hybridized carbons (Fsp3) is 0.462. The average molecular weight is 390 g/mol. The predicted molar refractivity (Wildman–Crippen MR) is 89.6 cm³/mol. The fourth-order valence-corrected chi connectivity index (χ4v) is 2.87. The van der Waals surface area contributed by atoms with Crippen molar-refractivity contribution in [1.29, 1.82) is 0 Å². The molecule has 5 N–H and O–H groups in total. The first-order valence-electron chi connectivity index (χ1n) is 7.27. The van der Waals surface area contributed by atoms with Gasteiger partial charge in [0.2, 0.25) is 6.35 Å². The molecule has 1 saturated heterocycles. The zero-order valence-electron chi connectivity index (χ0n) is 13.7. The molecule has 1 aromatic rings. The molecule has 0 aromatic carbocycles. The lowest BCUT2D eigenvalue weighted by molar-refractivity contribution is -0.0818. The highest BCUT2D eigenvalue weighted by atomic mass is 31.2. The summed E-state index contributed by atoms with van der Waals surface area (Å²) in [6, 6.07) is 1.11. The number of H-pyrrole nitrogens is 1. The van der Waals surface area contributed by atoms with Gasteiger partial charge in [0, 0.05) is 25.2 Å². The lowest BCUT2D eigenvalue weighted by atomic mass is 10.1. The fourth-order valence-electron chi connectivity index (χ4n) is 2.48. The van der Waals surface area contributed by atoms with Crippen molar-refractivity contribution in [2.24, 2.45) is 10.7 Å². The molecular weight excluding hydrogens is 371 g/mol. The SMILES string of the molecule is C=NC(N)OC1C(OC)[C@H](n2ccc(=O)[nH]c2=O)O[C@@H]1/C=C/P(=O)(O)O. The van der Waals surface area contributed by atoms with E-state index in [1.54, 1.807) is 0 Å². The van der Waals surface area contributed by atoms with Gasteiger partial charge in [0.25, 0.3) is 5.56 Å². The monoisotopic (exact) mass is 390 g/mol. The standard InChI is InChI=1S/C13H19N4O8P/c1-15-12(14)25-9-7(4-6-26(20,21)22)24-11(10(9)23-2)17-5-3-8(18)16-13(17)19/h3-7,9-12H,1,14H2,2H3,(H,16,18,19)(H2,20,21,22)/b6-4+/t7-,9?,10?,11-,12?/m1/s1. The molecule has 12 nitrogen and oxygen atoms in total.